The van der Waals surface area contributed by atoms with Gasteiger partial charge in [0.05, 0.1) is 11.4 Å². The van der Waals surface area contributed by atoms with Crippen molar-refractivity contribution in [2.24, 2.45) is 0 Å². The fraction of sp³-hybridized carbons (Fsp3) is 0.259. The van der Waals surface area contributed by atoms with Crippen LogP contribution in [0.4, 0.5) is 5.69 Å². The number of rotatable bonds is 8. The number of benzene rings is 3. The molecule has 3 aromatic rings. The van der Waals surface area contributed by atoms with E-state index >= 15 is 0 Å². The van der Waals surface area contributed by atoms with E-state index in [1.165, 1.54) is 24.3 Å². The van der Waals surface area contributed by atoms with E-state index in [1.54, 1.807) is 36.4 Å². The quantitative estimate of drug-likeness (QED) is 0.472. The molecule has 10 heteroatoms. The van der Waals surface area contributed by atoms with Crippen molar-refractivity contribution in [3.63, 3.8) is 0 Å². The number of hydrogen-bond donors (Lipinski definition) is 1. The Morgan fingerprint density at radius 3 is 2.14 bits per heavy atom. The molecule has 4 rings (SSSR count). The molecule has 3 aromatic carbocycles. The maximum Gasteiger partial charge on any atom is 0.253 e. The molecule has 0 bridgehead atoms. The molecule has 0 radical (unpaired) electrons. The second-order valence-electron chi connectivity index (χ2n) is 8.93. The van der Waals surface area contributed by atoms with Crippen LogP contribution in [-0.2, 0) is 21.4 Å². The molecule has 0 aromatic heterocycles. The van der Waals surface area contributed by atoms with E-state index in [0.717, 1.165) is 23.0 Å². The molecule has 0 unspecified atom stereocenters. The molecule has 1 aliphatic rings. The number of nitrogens with one attached hydrogen (secondary N) is 1. The number of likely N-dealkylation sites (N-methyl/N-ethyl adjacent to an activating group) is 1. The lowest BCUT2D eigenvalue weighted by Gasteiger charge is -2.32. The lowest BCUT2D eigenvalue weighted by atomic mass is 10.1. The fourth-order valence-corrected chi connectivity index (χ4v) is 5.53. The van der Waals surface area contributed by atoms with E-state index in [9.17, 15) is 18.0 Å². The number of carbonyl (C=O) groups is 2. The van der Waals surface area contributed by atoms with Gasteiger partial charge in [-0.1, -0.05) is 41.9 Å². The monoisotopic (exact) mass is 540 g/mol. The van der Waals surface area contributed by atoms with Gasteiger partial charge in [0, 0.05) is 49.0 Å². The van der Waals surface area contributed by atoms with E-state index in [4.69, 9.17) is 11.6 Å². The molecule has 194 valence electrons. The van der Waals surface area contributed by atoms with Gasteiger partial charge in [-0.25, -0.2) is 8.42 Å². The van der Waals surface area contributed by atoms with E-state index in [-0.39, 0.29) is 23.9 Å². The number of sulfonamides is 1. The van der Waals surface area contributed by atoms with Crippen molar-refractivity contribution in [2.75, 3.05) is 45.1 Å². The van der Waals surface area contributed by atoms with Crippen LogP contribution in [0.3, 0.4) is 0 Å². The highest BCUT2D eigenvalue weighted by molar-refractivity contribution is 7.89. The van der Waals surface area contributed by atoms with Crippen molar-refractivity contribution in [1.29, 1.82) is 0 Å². The van der Waals surface area contributed by atoms with Crippen molar-refractivity contribution in [1.82, 2.24) is 14.1 Å². The molecule has 1 saturated heterocycles. The number of hydrogen-bond acceptors (Lipinski definition) is 5. The minimum atomic E-state index is -3.98. The molecule has 8 nitrogen and oxygen atoms in total. The first kappa shape index (κ1) is 26.8. The molecule has 0 aliphatic carbocycles. The Bertz CT molecular complexity index is 1330. The summed E-state index contributed by atoms with van der Waals surface area (Å²) in [5.41, 5.74) is 1.77. The lowest BCUT2D eigenvalue weighted by molar-refractivity contribution is -0.116. The average molecular weight is 541 g/mol. The van der Waals surface area contributed by atoms with Crippen LogP contribution in [0.25, 0.3) is 0 Å². The SMILES string of the molecule is CN1CCN(C(=O)c2ccc(NC(=O)CN(Cc3ccccc3)S(=O)(=O)c3ccc(Cl)cc3)cc2)CC1. The predicted molar refractivity (Wildman–Crippen MR) is 144 cm³/mol. The molecule has 1 N–H and O–H groups in total. The number of carbonyl (C=O) groups excluding carboxylic acids is 2. The maximum atomic E-state index is 13.4. The van der Waals surface area contributed by atoms with E-state index in [1.807, 2.05) is 30.1 Å². The largest absolute Gasteiger partial charge is 0.336 e. The van der Waals surface area contributed by atoms with Crippen molar-refractivity contribution in [3.05, 3.63) is 95.0 Å². The predicted octanol–water partition coefficient (Wildman–Crippen LogP) is 3.56. The molecule has 0 atom stereocenters. The Morgan fingerprint density at radius 2 is 1.51 bits per heavy atom. The Labute approximate surface area is 222 Å². The lowest BCUT2D eigenvalue weighted by Crippen LogP contribution is -2.47. The summed E-state index contributed by atoms with van der Waals surface area (Å²) < 4.78 is 27.9. The van der Waals surface area contributed by atoms with E-state index < -0.39 is 15.9 Å². The zero-order valence-electron chi connectivity index (χ0n) is 20.5. The highest BCUT2D eigenvalue weighted by Crippen LogP contribution is 2.21. The molecule has 1 aliphatic heterocycles. The van der Waals surface area contributed by atoms with Crippen molar-refractivity contribution >= 4 is 39.1 Å². The van der Waals surface area contributed by atoms with Gasteiger partial charge in [0.2, 0.25) is 15.9 Å². The molecule has 1 heterocycles. The Morgan fingerprint density at radius 1 is 0.892 bits per heavy atom. The van der Waals surface area contributed by atoms with Crippen molar-refractivity contribution < 1.29 is 18.0 Å². The molecular weight excluding hydrogens is 512 g/mol. The number of amides is 2. The van der Waals surface area contributed by atoms with Crippen LogP contribution >= 0.6 is 11.6 Å². The van der Waals surface area contributed by atoms with Crippen LogP contribution in [0.1, 0.15) is 15.9 Å². The summed E-state index contributed by atoms with van der Waals surface area (Å²) in [5.74, 6) is -0.541. The highest BCUT2D eigenvalue weighted by atomic mass is 35.5. The van der Waals surface area contributed by atoms with Gasteiger partial charge >= 0.3 is 0 Å². The van der Waals surface area contributed by atoms with Crippen LogP contribution in [0, 0.1) is 0 Å². The van der Waals surface area contributed by atoms with Gasteiger partial charge in [-0.15, -0.1) is 0 Å². The molecular formula is C27H29ClN4O4S. The molecule has 1 fully saturated rings. The van der Waals surface area contributed by atoms with Crippen molar-refractivity contribution in [3.8, 4) is 0 Å². The average Bonchev–Trinajstić information content (AvgIpc) is 2.89. The zero-order chi connectivity index (χ0) is 26.4. The van der Waals surface area contributed by atoms with Gasteiger partial charge in [0.25, 0.3) is 5.91 Å². The zero-order valence-corrected chi connectivity index (χ0v) is 22.1. The van der Waals surface area contributed by atoms with Gasteiger partial charge in [-0.3, -0.25) is 9.59 Å². The Hall–Kier alpha value is -3.24. The number of halogens is 1. The molecule has 0 spiro atoms. The highest BCUT2D eigenvalue weighted by Gasteiger charge is 2.27. The topological polar surface area (TPSA) is 90.0 Å². The Balaban J connectivity index is 1.46. The summed E-state index contributed by atoms with van der Waals surface area (Å²) in [6, 6.07) is 21.6. The van der Waals surface area contributed by atoms with E-state index in [0.29, 0.717) is 29.4 Å². The number of nitrogens with zero attached hydrogens (tertiary/aromatic N) is 3. The summed E-state index contributed by atoms with van der Waals surface area (Å²) in [5, 5.41) is 3.16. The summed E-state index contributed by atoms with van der Waals surface area (Å²) in [6.45, 7) is 2.65. The third-order valence-electron chi connectivity index (χ3n) is 6.18. The van der Waals surface area contributed by atoms with Crippen LogP contribution < -0.4 is 5.32 Å². The third-order valence-corrected chi connectivity index (χ3v) is 8.24. The Kier molecular flexibility index (Phi) is 8.60. The van der Waals surface area contributed by atoms with Crippen LogP contribution in [0.15, 0.2) is 83.8 Å². The van der Waals surface area contributed by atoms with Crippen molar-refractivity contribution in [2.45, 2.75) is 11.4 Å². The van der Waals surface area contributed by atoms with Crippen LogP contribution in [-0.4, -0.2) is 74.1 Å². The maximum absolute atomic E-state index is 13.4. The normalized spacial score (nSPS) is 14.5. The second-order valence-corrected chi connectivity index (χ2v) is 11.3. The van der Waals surface area contributed by atoms with Gasteiger partial charge in [0.1, 0.15) is 0 Å². The van der Waals surface area contributed by atoms with Gasteiger partial charge in [0.15, 0.2) is 0 Å². The van der Waals surface area contributed by atoms with Crippen LogP contribution in [0.2, 0.25) is 5.02 Å². The molecule has 2 amide bonds. The molecule has 37 heavy (non-hydrogen) atoms. The number of anilines is 1. The summed E-state index contributed by atoms with van der Waals surface area (Å²) in [7, 11) is -1.95. The van der Waals surface area contributed by atoms with E-state index in [2.05, 4.69) is 10.2 Å². The summed E-state index contributed by atoms with van der Waals surface area (Å²) in [6.07, 6.45) is 0. The fourth-order valence-electron chi connectivity index (χ4n) is 4.02. The first-order valence-corrected chi connectivity index (χ1v) is 13.7. The van der Waals surface area contributed by atoms with Gasteiger partial charge < -0.3 is 15.1 Å². The minimum absolute atomic E-state index is 0.0255. The first-order valence-electron chi connectivity index (χ1n) is 11.9. The number of piperazine rings is 1. The van der Waals surface area contributed by atoms with Gasteiger partial charge in [-0.05, 0) is 61.1 Å². The standard InChI is InChI=1S/C27H29ClN4O4S/c1-30-15-17-31(18-16-30)27(34)22-7-11-24(12-8-22)29-26(33)20-32(19-21-5-3-2-4-6-21)37(35,36)25-13-9-23(28)10-14-25/h2-14H,15-20H2,1H3,(H,29,33). The minimum Gasteiger partial charge on any atom is -0.336 e. The smallest absolute Gasteiger partial charge is 0.253 e. The first-order chi connectivity index (χ1) is 17.7. The van der Waals surface area contributed by atoms with Crippen LogP contribution in [0.5, 0.6) is 0 Å². The summed E-state index contributed by atoms with van der Waals surface area (Å²) in [4.78, 5) is 29.7. The van der Waals surface area contributed by atoms with Gasteiger partial charge in [-0.2, -0.15) is 4.31 Å². The summed E-state index contributed by atoms with van der Waals surface area (Å²) >= 11 is 5.93. The third kappa shape index (κ3) is 6.95. The molecule has 0 saturated carbocycles. The second kappa shape index (κ2) is 11.9.